The molecule has 0 spiro atoms. The van der Waals surface area contributed by atoms with Gasteiger partial charge in [0, 0.05) is 6.04 Å². The number of aliphatic hydroxyl groups is 1. The summed E-state index contributed by atoms with van der Waals surface area (Å²) in [5.74, 6) is -0.429. The van der Waals surface area contributed by atoms with Crippen LogP contribution >= 0.6 is 0 Å². The van der Waals surface area contributed by atoms with Gasteiger partial charge in [0.2, 0.25) is 0 Å². The van der Waals surface area contributed by atoms with Gasteiger partial charge in [-0.05, 0) is 40.0 Å². The largest absolute Gasteiger partial charge is 0.444 e. The molecule has 0 bridgehead atoms. The lowest BCUT2D eigenvalue weighted by Crippen LogP contribution is -2.51. The molecule has 0 radical (unpaired) electrons. The van der Waals surface area contributed by atoms with Gasteiger partial charge in [-0.25, -0.2) is 4.79 Å². The normalized spacial score (nSPS) is 18.1. The lowest BCUT2D eigenvalue weighted by Gasteiger charge is -2.26. The van der Waals surface area contributed by atoms with Crippen LogP contribution in [-0.2, 0) is 9.53 Å². The topological polar surface area (TPSA) is 87.7 Å². The predicted molar refractivity (Wildman–Crippen MR) is 75.2 cm³/mol. The van der Waals surface area contributed by atoms with Crippen molar-refractivity contribution in [3.63, 3.8) is 0 Å². The summed E-state index contributed by atoms with van der Waals surface area (Å²) in [5, 5.41) is 15.4. The second-order valence-corrected chi connectivity index (χ2v) is 6.27. The van der Waals surface area contributed by atoms with Crippen molar-refractivity contribution in [1.29, 1.82) is 0 Å². The second-order valence-electron chi connectivity index (χ2n) is 6.27. The predicted octanol–water partition coefficient (Wildman–Crippen LogP) is 1.32. The molecule has 0 aromatic heterocycles. The van der Waals surface area contributed by atoms with Crippen molar-refractivity contribution >= 4 is 12.0 Å². The number of alkyl carbamates (subject to hydrolysis) is 1. The van der Waals surface area contributed by atoms with Crippen LogP contribution in [0.15, 0.2) is 0 Å². The van der Waals surface area contributed by atoms with Crippen molar-refractivity contribution in [1.82, 2.24) is 10.6 Å². The second kappa shape index (κ2) is 6.92. The lowest BCUT2D eigenvalue weighted by atomic mass is 10.1. The molecule has 3 N–H and O–H groups in total. The summed E-state index contributed by atoms with van der Waals surface area (Å²) in [6.45, 7) is 7.21. The van der Waals surface area contributed by atoms with Crippen LogP contribution in [0.1, 0.15) is 53.4 Å². The minimum atomic E-state index is -1.25. The molecule has 1 saturated carbocycles. The fraction of sp³-hybridized carbons (Fsp3) is 0.857. The summed E-state index contributed by atoms with van der Waals surface area (Å²) in [4.78, 5) is 23.6. The maximum Gasteiger partial charge on any atom is 0.407 e. The highest BCUT2D eigenvalue weighted by Gasteiger charge is 2.32. The number of hydrogen-bond acceptors (Lipinski definition) is 4. The van der Waals surface area contributed by atoms with Crippen LogP contribution in [-0.4, -0.2) is 40.9 Å². The maximum absolute atomic E-state index is 11.8. The molecule has 0 heterocycles. The molecule has 2 atom stereocenters. The molecule has 0 aromatic carbocycles. The molecular weight excluding hydrogens is 260 g/mol. The number of aliphatic hydroxyl groups excluding tert-OH is 1. The van der Waals surface area contributed by atoms with Crippen molar-refractivity contribution in [2.24, 2.45) is 0 Å². The number of carbonyl (C=O) groups excluding carboxylic acids is 2. The zero-order valence-electron chi connectivity index (χ0n) is 12.7. The van der Waals surface area contributed by atoms with Gasteiger partial charge in [0.15, 0.2) is 6.10 Å². The van der Waals surface area contributed by atoms with Crippen molar-refractivity contribution in [2.45, 2.75) is 77.2 Å². The minimum absolute atomic E-state index is 0.181. The Balaban J connectivity index is 2.52. The Bertz CT molecular complexity index is 348. The highest BCUT2D eigenvalue weighted by molar-refractivity contribution is 5.82. The van der Waals surface area contributed by atoms with Crippen LogP contribution in [0.2, 0.25) is 0 Å². The Morgan fingerprint density at radius 3 is 2.40 bits per heavy atom. The van der Waals surface area contributed by atoms with E-state index in [2.05, 4.69) is 10.6 Å². The fourth-order valence-corrected chi connectivity index (χ4v) is 1.78. The van der Waals surface area contributed by atoms with Crippen LogP contribution < -0.4 is 10.6 Å². The standard InChI is InChI=1S/C14H26N2O4/c1-5-6-10(16-13(19)20-14(2,3)4)11(17)12(18)15-9-7-8-9/h9-11,17H,5-8H2,1-4H3,(H,15,18)(H,16,19). The van der Waals surface area contributed by atoms with E-state index in [1.807, 2.05) is 6.92 Å². The van der Waals surface area contributed by atoms with Gasteiger partial charge in [-0.1, -0.05) is 13.3 Å². The summed E-state index contributed by atoms with van der Waals surface area (Å²) in [5.41, 5.74) is -0.609. The van der Waals surface area contributed by atoms with Crippen molar-refractivity contribution < 1.29 is 19.4 Å². The van der Waals surface area contributed by atoms with Crippen LogP contribution in [0.4, 0.5) is 4.79 Å². The fourth-order valence-electron chi connectivity index (χ4n) is 1.78. The van der Waals surface area contributed by atoms with E-state index >= 15 is 0 Å². The van der Waals surface area contributed by atoms with Gasteiger partial charge in [0.05, 0.1) is 6.04 Å². The van der Waals surface area contributed by atoms with E-state index in [1.54, 1.807) is 20.8 Å². The SMILES string of the molecule is CCCC(NC(=O)OC(C)(C)C)C(O)C(=O)NC1CC1. The number of carbonyl (C=O) groups is 2. The first kappa shape index (κ1) is 16.8. The highest BCUT2D eigenvalue weighted by Crippen LogP contribution is 2.19. The number of nitrogens with one attached hydrogen (secondary N) is 2. The first-order chi connectivity index (χ1) is 9.23. The van der Waals surface area contributed by atoms with Gasteiger partial charge in [-0.15, -0.1) is 0 Å². The van der Waals surface area contributed by atoms with E-state index in [0.29, 0.717) is 6.42 Å². The first-order valence-electron chi connectivity index (χ1n) is 7.21. The molecule has 2 amide bonds. The number of hydrogen-bond donors (Lipinski definition) is 3. The third kappa shape index (κ3) is 6.23. The summed E-state index contributed by atoms with van der Waals surface area (Å²) < 4.78 is 5.15. The van der Waals surface area contributed by atoms with Crippen LogP contribution in [0.25, 0.3) is 0 Å². The number of rotatable bonds is 6. The molecule has 6 heteroatoms. The Hall–Kier alpha value is -1.30. The molecular formula is C14H26N2O4. The Labute approximate surface area is 120 Å². The summed E-state index contributed by atoms with van der Waals surface area (Å²) >= 11 is 0. The molecule has 0 aliphatic heterocycles. The summed E-state index contributed by atoms with van der Waals surface area (Å²) in [7, 11) is 0. The molecule has 1 aliphatic carbocycles. The third-order valence-electron chi connectivity index (χ3n) is 2.88. The average Bonchev–Trinajstić information content (AvgIpc) is 3.08. The Morgan fingerprint density at radius 1 is 1.35 bits per heavy atom. The van der Waals surface area contributed by atoms with E-state index in [9.17, 15) is 14.7 Å². The Kier molecular flexibility index (Phi) is 5.80. The summed E-state index contributed by atoms with van der Waals surface area (Å²) in [6, 6.07) is -0.449. The quantitative estimate of drug-likeness (QED) is 0.687. The van der Waals surface area contributed by atoms with E-state index in [0.717, 1.165) is 19.3 Å². The zero-order valence-corrected chi connectivity index (χ0v) is 12.7. The highest BCUT2D eigenvalue weighted by atomic mass is 16.6. The molecule has 2 unspecified atom stereocenters. The Morgan fingerprint density at radius 2 is 1.95 bits per heavy atom. The molecule has 116 valence electrons. The van der Waals surface area contributed by atoms with Gasteiger partial charge in [0.1, 0.15) is 5.60 Å². The van der Waals surface area contributed by atoms with E-state index in [4.69, 9.17) is 4.74 Å². The summed E-state index contributed by atoms with van der Waals surface area (Å²) in [6.07, 6.45) is 1.30. The first-order valence-corrected chi connectivity index (χ1v) is 7.21. The van der Waals surface area contributed by atoms with Gasteiger partial charge in [-0.2, -0.15) is 0 Å². The lowest BCUT2D eigenvalue weighted by molar-refractivity contribution is -0.131. The van der Waals surface area contributed by atoms with E-state index < -0.39 is 29.7 Å². The number of amides is 2. The van der Waals surface area contributed by atoms with Crippen LogP contribution in [0, 0.1) is 0 Å². The van der Waals surface area contributed by atoms with E-state index in [-0.39, 0.29) is 6.04 Å². The van der Waals surface area contributed by atoms with Gasteiger partial charge < -0.3 is 20.5 Å². The molecule has 0 saturated heterocycles. The van der Waals surface area contributed by atoms with Gasteiger partial charge in [-0.3, -0.25) is 4.79 Å². The molecule has 1 rings (SSSR count). The molecule has 6 nitrogen and oxygen atoms in total. The number of ether oxygens (including phenoxy) is 1. The molecule has 1 fully saturated rings. The van der Waals surface area contributed by atoms with E-state index in [1.165, 1.54) is 0 Å². The van der Waals surface area contributed by atoms with Crippen LogP contribution in [0.5, 0.6) is 0 Å². The van der Waals surface area contributed by atoms with Gasteiger partial charge in [0.25, 0.3) is 5.91 Å². The van der Waals surface area contributed by atoms with Crippen molar-refractivity contribution in [2.75, 3.05) is 0 Å². The smallest absolute Gasteiger partial charge is 0.407 e. The average molecular weight is 286 g/mol. The third-order valence-corrected chi connectivity index (χ3v) is 2.88. The van der Waals surface area contributed by atoms with Crippen molar-refractivity contribution in [3.8, 4) is 0 Å². The molecule has 0 aromatic rings. The zero-order chi connectivity index (χ0) is 15.3. The minimum Gasteiger partial charge on any atom is -0.444 e. The monoisotopic (exact) mass is 286 g/mol. The maximum atomic E-state index is 11.8. The molecule has 20 heavy (non-hydrogen) atoms. The van der Waals surface area contributed by atoms with Crippen LogP contribution in [0.3, 0.4) is 0 Å². The molecule has 1 aliphatic rings. The van der Waals surface area contributed by atoms with Crippen molar-refractivity contribution in [3.05, 3.63) is 0 Å². The van der Waals surface area contributed by atoms with Gasteiger partial charge >= 0.3 is 6.09 Å².